The average molecular weight is 224 g/mol. The van der Waals surface area contributed by atoms with E-state index in [0.717, 1.165) is 0 Å². The molecule has 0 saturated heterocycles. The van der Waals surface area contributed by atoms with Crippen LogP contribution in [0.4, 0.5) is 4.39 Å². The summed E-state index contributed by atoms with van der Waals surface area (Å²) in [5, 5.41) is 9.68. The summed E-state index contributed by atoms with van der Waals surface area (Å²) < 4.78 is 13.6. The first kappa shape index (κ1) is 10.4. The van der Waals surface area contributed by atoms with Gasteiger partial charge in [-0.15, -0.1) is 0 Å². The molecule has 0 amide bonds. The van der Waals surface area contributed by atoms with Crippen molar-refractivity contribution in [2.24, 2.45) is 5.41 Å². The molecule has 1 aliphatic carbocycles. The molecule has 1 nitrogen and oxygen atoms in total. The van der Waals surface area contributed by atoms with E-state index >= 15 is 0 Å². The van der Waals surface area contributed by atoms with Gasteiger partial charge in [-0.25, -0.2) is 4.39 Å². The number of rotatable bonds is 1. The molecule has 3 heteroatoms. The van der Waals surface area contributed by atoms with Crippen LogP contribution in [0.1, 0.15) is 25.8 Å². The molecule has 1 fully saturated rings. The Balaban J connectivity index is 2.56. The minimum Gasteiger partial charge on any atom is -0.207 e. The summed E-state index contributed by atoms with van der Waals surface area (Å²) in [4.78, 5) is 0. The molecule has 0 bridgehead atoms. The van der Waals surface area contributed by atoms with Crippen LogP contribution >= 0.6 is 11.6 Å². The lowest BCUT2D eigenvalue weighted by molar-refractivity contribution is 0.535. The van der Waals surface area contributed by atoms with Crippen LogP contribution in [-0.4, -0.2) is 0 Å². The SMILES string of the molecule is CC1(C)CC1(C#N)c1cc(Cl)ccc1F. The molecular weight excluding hydrogens is 213 g/mol. The van der Waals surface area contributed by atoms with E-state index in [9.17, 15) is 9.65 Å². The Labute approximate surface area is 93.5 Å². The Hall–Kier alpha value is -1.07. The molecule has 1 unspecified atom stereocenters. The molecular formula is C12H11ClFN. The van der Waals surface area contributed by atoms with E-state index in [2.05, 4.69) is 6.07 Å². The second-order valence-corrected chi connectivity index (χ2v) is 5.14. The summed E-state index contributed by atoms with van der Waals surface area (Å²) in [6.07, 6.45) is 0.688. The summed E-state index contributed by atoms with van der Waals surface area (Å²) in [6.45, 7) is 3.94. The van der Waals surface area contributed by atoms with Gasteiger partial charge in [-0.2, -0.15) is 5.26 Å². The highest BCUT2D eigenvalue weighted by Crippen LogP contribution is 2.64. The molecule has 2 rings (SSSR count). The van der Waals surface area contributed by atoms with Gasteiger partial charge < -0.3 is 0 Å². The zero-order valence-corrected chi connectivity index (χ0v) is 9.40. The fraction of sp³-hybridized carbons (Fsp3) is 0.417. The third kappa shape index (κ3) is 1.34. The standard InChI is InChI=1S/C12H11ClFN/c1-11(2)6-12(11,7-15)9-5-8(13)3-4-10(9)14/h3-5H,6H2,1-2H3. The van der Waals surface area contributed by atoms with Crippen molar-refractivity contribution in [3.8, 4) is 6.07 Å². The highest BCUT2D eigenvalue weighted by atomic mass is 35.5. The van der Waals surface area contributed by atoms with E-state index in [1.54, 1.807) is 6.07 Å². The normalized spacial score (nSPS) is 27.1. The third-order valence-electron chi connectivity index (χ3n) is 3.32. The van der Waals surface area contributed by atoms with Gasteiger partial charge in [-0.3, -0.25) is 0 Å². The second-order valence-electron chi connectivity index (χ2n) is 4.70. The van der Waals surface area contributed by atoms with Gasteiger partial charge in [-0.1, -0.05) is 25.4 Å². The first-order valence-electron chi connectivity index (χ1n) is 4.80. The van der Waals surface area contributed by atoms with Gasteiger partial charge in [0.2, 0.25) is 0 Å². The van der Waals surface area contributed by atoms with Crippen molar-refractivity contribution in [3.63, 3.8) is 0 Å². The fourth-order valence-corrected chi connectivity index (χ4v) is 2.33. The molecule has 0 heterocycles. The van der Waals surface area contributed by atoms with E-state index in [1.807, 2.05) is 13.8 Å². The van der Waals surface area contributed by atoms with Gasteiger partial charge in [0.15, 0.2) is 0 Å². The van der Waals surface area contributed by atoms with Gasteiger partial charge in [0, 0.05) is 10.6 Å². The number of hydrogen-bond donors (Lipinski definition) is 0. The molecule has 1 aliphatic rings. The van der Waals surface area contributed by atoms with E-state index in [1.165, 1.54) is 12.1 Å². The van der Waals surface area contributed by atoms with Gasteiger partial charge in [0.1, 0.15) is 5.82 Å². The molecule has 1 aromatic rings. The summed E-state index contributed by atoms with van der Waals surface area (Å²) >= 11 is 5.82. The molecule has 0 aliphatic heterocycles. The van der Waals surface area contributed by atoms with Crippen molar-refractivity contribution >= 4 is 11.6 Å². The maximum Gasteiger partial charge on any atom is 0.128 e. The predicted molar refractivity (Wildman–Crippen MR) is 57.1 cm³/mol. The number of hydrogen-bond acceptors (Lipinski definition) is 1. The summed E-state index contributed by atoms with van der Waals surface area (Å²) in [5.41, 5.74) is -0.419. The second kappa shape index (κ2) is 2.96. The molecule has 78 valence electrons. The Kier molecular flexibility index (Phi) is 2.06. The van der Waals surface area contributed by atoms with E-state index in [0.29, 0.717) is 17.0 Å². The Morgan fingerprint density at radius 2 is 2.07 bits per heavy atom. The van der Waals surface area contributed by atoms with Crippen LogP contribution in [0.5, 0.6) is 0 Å². The Morgan fingerprint density at radius 3 is 2.53 bits per heavy atom. The van der Waals surface area contributed by atoms with Crippen LogP contribution in [0, 0.1) is 22.6 Å². The highest BCUT2D eigenvalue weighted by molar-refractivity contribution is 6.30. The van der Waals surface area contributed by atoms with Crippen LogP contribution in [0.15, 0.2) is 18.2 Å². The fourth-order valence-electron chi connectivity index (χ4n) is 2.15. The lowest BCUT2D eigenvalue weighted by Crippen LogP contribution is -2.13. The van der Waals surface area contributed by atoms with E-state index in [4.69, 9.17) is 11.6 Å². The van der Waals surface area contributed by atoms with Crippen LogP contribution < -0.4 is 0 Å². The number of benzene rings is 1. The Morgan fingerprint density at radius 1 is 1.47 bits per heavy atom. The summed E-state index contributed by atoms with van der Waals surface area (Å²) in [5.74, 6) is -0.341. The molecule has 0 aromatic heterocycles. The molecule has 0 N–H and O–H groups in total. The molecule has 1 aromatic carbocycles. The molecule has 1 saturated carbocycles. The third-order valence-corrected chi connectivity index (χ3v) is 3.55. The zero-order valence-electron chi connectivity index (χ0n) is 8.64. The smallest absolute Gasteiger partial charge is 0.128 e. The van der Waals surface area contributed by atoms with Crippen molar-refractivity contribution in [1.29, 1.82) is 5.26 Å². The average Bonchev–Trinajstić information content (AvgIpc) is 2.74. The molecule has 0 radical (unpaired) electrons. The minimum absolute atomic E-state index is 0.159. The highest BCUT2D eigenvalue weighted by Gasteiger charge is 2.64. The largest absolute Gasteiger partial charge is 0.207 e. The van der Waals surface area contributed by atoms with Crippen molar-refractivity contribution < 1.29 is 4.39 Å². The first-order chi connectivity index (χ1) is 6.93. The van der Waals surface area contributed by atoms with Crippen LogP contribution in [-0.2, 0) is 5.41 Å². The van der Waals surface area contributed by atoms with Crippen molar-refractivity contribution in [2.45, 2.75) is 25.7 Å². The lowest BCUT2D eigenvalue weighted by atomic mass is 9.89. The van der Waals surface area contributed by atoms with Crippen molar-refractivity contribution in [3.05, 3.63) is 34.6 Å². The summed E-state index contributed by atoms with van der Waals surface area (Å²) in [6, 6.07) is 6.62. The van der Waals surface area contributed by atoms with Gasteiger partial charge in [-0.05, 0) is 30.0 Å². The first-order valence-corrected chi connectivity index (χ1v) is 5.17. The maximum atomic E-state index is 13.6. The quantitative estimate of drug-likeness (QED) is 0.713. The molecule has 0 spiro atoms. The molecule has 1 atom stereocenters. The van der Waals surface area contributed by atoms with Crippen LogP contribution in [0.25, 0.3) is 0 Å². The maximum absolute atomic E-state index is 13.6. The Bertz CT molecular complexity index is 461. The topological polar surface area (TPSA) is 23.8 Å². The number of halogens is 2. The van der Waals surface area contributed by atoms with E-state index < -0.39 is 5.41 Å². The van der Waals surface area contributed by atoms with Gasteiger partial charge >= 0.3 is 0 Å². The lowest BCUT2D eigenvalue weighted by Gasteiger charge is -2.13. The molecule has 15 heavy (non-hydrogen) atoms. The minimum atomic E-state index is -0.692. The predicted octanol–water partition coefficient (Wildman–Crippen LogP) is 3.67. The number of nitrogens with zero attached hydrogens (tertiary/aromatic N) is 1. The monoisotopic (exact) mass is 223 g/mol. The van der Waals surface area contributed by atoms with Crippen molar-refractivity contribution in [1.82, 2.24) is 0 Å². The zero-order chi connectivity index (χ0) is 11.3. The van der Waals surface area contributed by atoms with Gasteiger partial charge in [0.05, 0.1) is 11.5 Å². The van der Waals surface area contributed by atoms with Gasteiger partial charge in [0.25, 0.3) is 0 Å². The van der Waals surface area contributed by atoms with E-state index in [-0.39, 0.29) is 11.2 Å². The van der Waals surface area contributed by atoms with Crippen molar-refractivity contribution in [2.75, 3.05) is 0 Å². The van der Waals surface area contributed by atoms with Crippen LogP contribution in [0.2, 0.25) is 5.02 Å². The van der Waals surface area contributed by atoms with Crippen LogP contribution in [0.3, 0.4) is 0 Å². The summed E-state index contributed by atoms with van der Waals surface area (Å²) in [7, 11) is 0. The number of nitriles is 1.